The molecule has 0 fully saturated rings. The molecule has 6 nitrogen and oxygen atoms in total. The number of carbonyl (C=O) groups excluding carboxylic acids is 1. The van der Waals surface area contributed by atoms with E-state index in [1.807, 2.05) is 18.2 Å². The molecule has 0 saturated heterocycles. The Kier molecular flexibility index (Phi) is 6.55. The quantitative estimate of drug-likeness (QED) is 0.538. The van der Waals surface area contributed by atoms with E-state index in [2.05, 4.69) is 33.0 Å². The van der Waals surface area contributed by atoms with Gasteiger partial charge in [0.1, 0.15) is 5.75 Å². The van der Waals surface area contributed by atoms with Gasteiger partial charge in [-0.1, -0.05) is 45.9 Å². The molecule has 0 radical (unpaired) electrons. The number of rotatable bonds is 7. The number of nitro groups is 1. The molecule has 27 heavy (non-hydrogen) atoms. The number of carbonyl (C=O) groups is 1. The highest BCUT2D eigenvalue weighted by molar-refractivity contribution is 5.93. The highest BCUT2D eigenvalue weighted by Crippen LogP contribution is 2.32. The Bertz CT molecular complexity index is 818. The summed E-state index contributed by atoms with van der Waals surface area (Å²) in [6.07, 6.45) is 0. The molecule has 0 aliphatic heterocycles. The number of benzene rings is 2. The number of ether oxygens (including phenoxy) is 1. The number of nitro benzene ring substituents is 1. The zero-order valence-corrected chi connectivity index (χ0v) is 16.4. The lowest BCUT2D eigenvalue weighted by Crippen LogP contribution is -2.22. The Morgan fingerprint density at radius 2 is 1.70 bits per heavy atom. The first-order valence-electron chi connectivity index (χ1n) is 9.01. The van der Waals surface area contributed by atoms with Crippen molar-refractivity contribution in [1.29, 1.82) is 0 Å². The average molecular weight is 370 g/mol. The van der Waals surface area contributed by atoms with Gasteiger partial charge in [0.25, 0.3) is 11.6 Å². The molecular formula is C21H26N2O4. The molecule has 0 spiro atoms. The summed E-state index contributed by atoms with van der Waals surface area (Å²) in [7, 11) is 0. The third-order valence-electron chi connectivity index (χ3n) is 4.37. The second-order valence-corrected chi connectivity index (χ2v) is 7.16. The van der Waals surface area contributed by atoms with E-state index in [4.69, 9.17) is 4.74 Å². The second kappa shape index (κ2) is 8.66. The SMILES string of the molecule is Cc1cc([N+](=O)[O-])ccc1OCC(=O)Nc1c(C(C)C)cccc1C(C)C. The number of nitrogens with zero attached hydrogens (tertiary/aromatic N) is 1. The van der Waals surface area contributed by atoms with E-state index in [0.29, 0.717) is 11.3 Å². The van der Waals surface area contributed by atoms with E-state index in [9.17, 15) is 14.9 Å². The largest absolute Gasteiger partial charge is 0.483 e. The smallest absolute Gasteiger partial charge is 0.269 e. The van der Waals surface area contributed by atoms with Crippen LogP contribution >= 0.6 is 0 Å². The van der Waals surface area contributed by atoms with Crippen LogP contribution in [0.5, 0.6) is 5.75 Å². The molecule has 0 aliphatic rings. The fourth-order valence-electron chi connectivity index (χ4n) is 2.92. The zero-order valence-electron chi connectivity index (χ0n) is 16.4. The molecule has 0 atom stereocenters. The van der Waals surface area contributed by atoms with Gasteiger partial charge >= 0.3 is 0 Å². The maximum atomic E-state index is 12.5. The number of non-ortho nitro benzene ring substituents is 1. The molecule has 2 aromatic rings. The summed E-state index contributed by atoms with van der Waals surface area (Å²) in [4.78, 5) is 22.8. The summed E-state index contributed by atoms with van der Waals surface area (Å²) in [5, 5.41) is 13.8. The molecule has 1 N–H and O–H groups in total. The highest BCUT2D eigenvalue weighted by atomic mass is 16.6. The minimum atomic E-state index is -0.459. The first-order valence-corrected chi connectivity index (χ1v) is 9.01. The molecule has 0 bridgehead atoms. The number of hydrogen-bond donors (Lipinski definition) is 1. The van der Waals surface area contributed by atoms with Crippen molar-refractivity contribution in [3.63, 3.8) is 0 Å². The van der Waals surface area contributed by atoms with E-state index >= 15 is 0 Å². The number of amides is 1. The lowest BCUT2D eigenvalue weighted by molar-refractivity contribution is -0.384. The summed E-state index contributed by atoms with van der Waals surface area (Å²) in [6, 6.07) is 10.4. The van der Waals surface area contributed by atoms with Crippen LogP contribution in [-0.4, -0.2) is 17.4 Å². The summed E-state index contributed by atoms with van der Waals surface area (Å²) >= 11 is 0. The predicted octanol–water partition coefficient (Wildman–Crippen LogP) is 5.17. The van der Waals surface area contributed by atoms with Gasteiger partial charge in [-0.25, -0.2) is 0 Å². The van der Waals surface area contributed by atoms with Gasteiger partial charge in [-0.15, -0.1) is 0 Å². The minimum absolute atomic E-state index is 0.00302. The van der Waals surface area contributed by atoms with Crippen molar-refractivity contribution in [3.05, 3.63) is 63.2 Å². The first-order chi connectivity index (χ1) is 12.7. The number of hydrogen-bond acceptors (Lipinski definition) is 4. The van der Waals surface area contributed by atoms with Crippen LogP contribution in [0.1, 0.15) is 56.2 Å². The van der Waals surface area contributed by atoms with Gasteiger partial charge in [-0.2, -0.15) is 0 Å². The average Bonchev–Trinajstić information content (AvgIpc) is 2.60. The maximum Gasteiger partial charge on any atom is 0.269 e. The van der Waals surface area contributed by atoms with Crippen LogP contribution in [0, 0.1) is 17.0 Å². The predicted molar refractivity (Wildman–Crippen MR) is 107 cm³/mol. The van der Waals surface area contributed by atoms with Gasteiger partial charge in [0.05, 0.1) is 4.92 Å². The molecule has 1 amide bonds. The van der Waals surface area contributed by atoms with E-state index in [0.717, 1.165) is 16.8 Å². The number of nitrogens with one attached hydrogen (secondary N) is 1. The number of aryl methyl sites for hydroxylation is 1. The van der Waals surface area contributed by atoms with Crippen LogP contribution < -0.4 is 10.1 Å². The van der Waals surface area contributed by atoms with E-state index in [1.165, 1.54) is 18.2 Å². The zero-order chi connectivity index (χ0) is 20.1. The van der Waals surface area contributed by atoms with Crippen LogP contribution in [0.2, 0.25) is 0 Å². The molecule has 2 aromatic carbocycles. The Morgan fingerprint density at radius 1 is 1.11 bits per heavy atom. The minimum Gasteiger partial charge on any atom is -0.483 e. The lowest BCUT2D eigenvalue weighted by Gasteiger charge is -2.20. The molecule has 0 saturated carbocycles. The van der Waals surface area contributed by atoms with Gasteiger partial charge in [0.15, 0.2) is 6.61 Å². The van der Waals surface area contributed by atoms with Gasteiger partial charge in [-0.05, 0) is 41.5 Å². The van der Waals surface area contributed by atoms with Crippen molar-refractivity contribution < 1.29 is 14.5 Å². The van der Waals surface area contributed by atoms with Crippen LogP contribution in [0.15, 0.2) is 36.4 Å². The van der Waals surface area contributed by atoms with Crippen molar-refractivity contribution in [2.75, 3.05) is 11.9 Å². The third kappa shape index (κ3) is 5.06. The normalized spacial score (nSPS) is 10.9. The van der Waals surface area contributed by atoms with E-state index < -0.39 is 4.92 Å². The topological polar surface area (TPSA) is 81.5 Å². The monoisotopic (exact) mass is 370 g/mol. The molecule has 6 heteroatoms. The summed E-state index contributed by atoms with van der Waals surface area (Å²) < 4.78 is 5.57. The highest BCUT2D eigenvalue weighted by Gasteiger charge is 2.17. The van der Waals surface area contributed by atoms with Gasteiger partial charge in [-0.3, -0.25) is 14.9 Å². The summed E-state index contributed by atoms with van der Waals surface area (Å²) in [5.74, 6) is 0.744. The van der Waals surface area contributed by atoms with Crippen LogP contribution in [0.25, 0.3) is 0 Å². The van der Waals surface area contributed by atoms with Gasteiger partial charge in [0.2, 0.25) is 0 Å². The van der Waals surface area contributed by atoms with Crippen molar-refractivity contribution in [2.24, 2.45) is 0 Å². The van der Waals surface area contributed by atoms with E-state index in [-0.39, 0.29) is 30.0 Å². The second-order valence-electron chi connectivity index (χ2n) is 7.16. The standard InChI is InChI=1S/C21H26N2O4/c1-13(2)17-7-6-8-18(14(3)4)21(17)22-20(24)12-27-19-10-9-16(23(25)26)11-15(19)5/h6-11,13-14H,12H2,1-5H3,(H,22,24). The molecule has 0 aromatic heterocycles. The molecule has 144 valence electrons. The lowest BCUT2D eigenvalue weighted by atomic mass is 9.92. The van der Waals surface area contributed by atoms with Gasteiger partial charge < -0.3 is 10.1 Å². The Balaban J connectivity index is 2.14. The Labute approximate surface area is 159 Å². The molecule has 2 rings (SSSR count). The van der Waals surface area contributed by atoms with Crippen molar-refractivity contribution >= 4 is 17.3 Å². The molecular weight excluding hydrogens is 344 g/mol. The fraction of sp³-hybridized carbons (Fsp3) is 0.381. The molecule has 0 heterocycles. The molecule has 0 unspecified atom stereocenters. The van der Waals surface area contributed by atoms with Crippen LogP contribution in [-0.2, 0) is 4.79 Å². The van der Waals surface area contributed by atoms with E-state index in [1.54, 1.807) is 6.92 Å². The number of anilines is 1. The summed E-state index contributed by atoms with van der Waals surface area (Å²) in [6.45, 7) is 9.91. The Morgan fingerprint density at radius 3 is 2.19 bits per heavy atom. The van der Waals surface area contributed by atoms with Gasteiger partial charge in [0, 0.05) is 17.8 Å². The third-order valence-corrected chi connectivity index (χ3v) is 4.37. The molecule has 0 aliphatic carbocycles. The van der Waals surface area contributed by atoms with Crippen molar-refractivity contribution in [1.82, 2.24) is 0 Å². The first kappa shape index (κ1) is 20.4. The summed E-state index contributed by atoms with van der Waals surface area (Å²) in [5.41, 5.74) is 3.62. The van der Waals surface area contributed by atoms with Crippen molar-refractivity contribution in [2.45, 2.75) is 46.5 Å². The number of para-hydroxylation sites is 1. The fourth-order valence-corrected chi connectivity index (χ4v) is 2.92. The Hall–Kier alpha value is -2.89. The maximum absolute atomic E-state index is 12.5. The van der Waals surface area contributed by atoms with Crippen LogP contribution in [0.4, 0.5) is 11.4 Å². The van der Waals surface area contributed by atoms with Crippen LogP contribution in [0.3, 0.4) is 0 Å². The van der Waals surface area contributed by atoms with Crippen molar-refractivity contribution in [3.8, 4) is 5.75 Å².